The molecular formula is C13H10N2OS2. The molecule has 0 amide bonds. The van der Waals surface area contributed by atoms with Crippen LogP contribution in [0.25, 0.3) is 10.2 Å². The van der Waals surface area contributed by atoms with Crippen LogP contribution in [0, 0.1) is 6.92 Å². The summed E-state index contributed by atoms with van der Waals surface area (Å²) in [6, 6.07) is 3.87. The zero-order valence-electron chi connectivity index (χ0n) is 9.71. The van der Waals surface area contributed by atoms with E-state index in [1.54, 1.807) is 28.9 Å². The molecule has 0 radical (unpaired) electrons. The monoisotopic (exact) mass is 274 g/mol. The fourth-order valence-electron chi connectivity index (χ4n) is 1.75. The van der Waals surface area contributed by atoms with Gasteiger partial charge in [0.1, 0.15) is 0 Å². The number of pyridine rings is 1. The van der Waals surface area contributed by atoms with Crippen LogP contribution in [0.5, 0.6) is 0 Å². The number of aromatic nitrogens is 2. The molecule has 0 aliphatic rings. The van der Waals surface area contributed by atoms with Crippen LogP contribution in [0.1, 0.15) is 21.1 Å². The average molecular weight is 274 g/mol. The maximum Gasteiger partial charge on any atom is 0.170 e. The van der Waals surface area contributed by atoms with Gasteiger partial charge in [0, 0.05) is 17.1 Å². The van der Waals surface area contributed by atoms with Crippen LogP contribution in [0.2, 0.25) is 0 Å². The van der Waals surface area contributed by atoms with E-state index >= 15 is 0 Å². The van der Waals surface area contributed by atoms with E-state index in [1.807, 2.05) is 29.8 Å². The lowest BCUT2D eigenvalue weighted by molar-refractivity contribution is 0.0992. The number of hydrogen-bond donors (Lipinski definition) is 0. The lowest BCUT2D eigenvalue weighted by Crippen LogP contribution is -2.04. The van der Waals surface area contributed by atoms with E-state index in [-0.39, 0.29) is 5.78 Å². The SMILES string of the molecule is Cc1nc(CC(=O)c2cnc3ccsc3c2)cs1. The molecule has 18 heavy (non-hydrogen) atoms. The lowest BCUT2D eigenvalue weighted by Gasteiger charge is -1.98. The van der Waals surface area contributed by atoms with E-state index in [4.69, 9.17) is 0 Å². The normalized spacial score (nSPS) is 10.9. The first kappa shape index (κ1) is 11.5. The van der Waals surface area contributed by atoms with Crippen LogP contribution >= 0.6 is 22.7 Å². The first-order valence-electron chi connectivity index (χ1n) is 5.50. The number of carbonyl (C=O) groups is 1. The van der Waals surface area contributed by atoms with Gasteiger partial charge in [-0.3, -0.25) is 9.78 Å². The topological polar surface area (TPSA) is 42.9 Å². The Morgan fingerprint density at radius 3 is 3.06 bits per heavy atom. The van der Waals surface area contributed by atoms with E-state index in [2.05, 4.69) is 9.97 Å². The Kier molecular flexibility index (Phi) is 2.93. The van der Waals surface area contributed by atoms with Crippen molar-refractivity contribution >= 4 is 38.7 Å². The minimum absolute atomic E-state index is 0.0723. The summed E-state index contributed by atoms with van der Waals surface area (Å²) in [5, 5.41) is 4.91. The summed E-state index contributed by atoms with van der Waals surface area (Å²) < 4.78 is 1.05. The number of fused-ring (bicyclic) bond motifs is 1. The van der Waals surface area contributed by atoms with Crippen molar-refractivity contribution in [3.8, 4) is 0 Å². The molecule has 0 saturated carbocycles. The summed E-state index contributed by atoms with van der Waals surface area (Å²) in [6.07, 6.45) is 2.00. The zero-order chi connectivity index (χ0) is 12.5. The predicted molar refractivity (Wildman–Crippen MR) is 74.5 cm³/mol. The third kappa shape index (κ3) is 2.19. The number of ketones is 1. The summed E-state index contributed by atoms with van der Waals surface area (Å²) in [7, 11) is 0. The quantitative estimate of drug-likeness (QED) is 0.687. The van der Waals surface area contributed by atoms with Gasteiger partial charge in [-0.25, -0.2) is 4.98 Å². The number of thiophene rings is 1. The van der Waals surface area contributed by atoms with Crippen molar-refractivity contribution in [3.05, 3.63) is 45.4 Å². The molecule has 0 aromatic carbocycles. The molecule has 3 heterocycles. The number of nitrogens with zero attached hydrogens (tertiary/aromatic N) is 2. The highest BCUT2D eigenvalue weighted by Crippen LogP contribution is 2.20. The molecule has 3 aromatic heterocycles. The molecule has 90 valence electrons. The van der Waals surface area contributed by atoms with E-state index in [9.17, 15) is 4.79 Å². The second-order valence-corrected chi connectivity index (χ2v) is 6.00. The van der Waals surface area contributed by atoms with Crippen molar-refractivity contribution in [1.82, 2.24) is 9.97 Å². The Morgan fingerprint density at radius 1 is 1.39 bits per heavy atom. The largest absolute Gasteiger partial charge is 0.294 e. The van der Waals surface area contributed by atoms with Gasteiger partial charge >= 0.3 is 0 Å². The smallest absolute Gasteiger partial charge is 0.170 e. The van der Waals surface area contributed by atoms with Crippen molar-refractivity contribution in [3.63, 3.8) is 0 Å². The van der Waals surface area contributed by atoms with E-state index in [0.29, 0.717) is 12.0 Å². The van der Waals surface area contributed by atoms with Crippen LogP contribution in [0.4, 0.5) is 0 Å². The van der Waals surface area contributed by atoms with Crippen LogP contribution in [0.15, 0.2) is 29.1 Å². The maximum atomic E-state index is 12.1. The Hall–Kier alpha value is -1.59. The first-order valence-corrected chi connectivity index (χ1v) is 7.26. The van der Waals surface area contributed by atoms with Gasteiger partial charge in [0.25, 0.3) is 0 Å². The summed E-state index contributed by atoms with van der Waals surface area (Å²) >= 11 is 3.17. The Bertz CT molecular complexity index is 714. The van der Waals surface area contributed by atoms with E-state index < -0.39 is 0 Å². The number of aryl methyl sites for hydroxylation is 1. The molecule has 3 nitrogen and oxygen atoms in total. The molecular weight excluding hydrogens is 264 g/mol. The van der Waals surface area contributed by atoms with Crippen LogP contribution < -0.4 is 0 Å². The number of hydrogen-bond acceptors (Lipinski definition) is 5. The van der Waals surface area contributed by atoms with Gasteiger partial charge in [0.2, 0.25) is 0 Å². The van der Waals surface area contributed by atoms with Gasteiger partial charge in [-0.05, 0) is 24.4 Å². The number of carbonyl (C=O) groups excluding carboxylic acids is 1. The summed E-state index contributed by atoms with van der Waals surface area (Å²) in [5.74, 6) is 0.0723. The van der Waals surface area contributed by atoms with Gasteiger partial charge in [0.15, 0.2) is 5.78 Å². The molecule has 0 N–H and O–H groups in total. The molecule has 0 atom stereocenters. The fraction of sp³-hybridized carbons (Fsp3) is 0.154. The van der Waals surface area contributed by atoms with Crippen molar-refractivity contribution < 1.29 is 4.79 Å². The number of rotatable bonds is 3. The third-order valence-electron chi connectivity index (χ3n) is 2.63. The molecule has 0 aliphatic heterocycles. The first-order chi connectivity index (χ1) is 8.72. The second-order valence-electron chi connectivity index (χ2n) is 3.99. The van der Waals surface area contributed by atoms with Gasteiger partial charge in [-0.2, -0.15) is 0 Å². The Balaban J connectivity index is 1.87. The predicted octanol–water partition coefficient (Wildman–Crippen LogP) is 3.49. The Labute approximate surface area is 112 Å². The third-order valence-corrected chi connectivity index (χ3v) is 4.31. The van der Waals surface area contributed by atoms with Crippen molar-refractivity contribution in [2.24, 2.45) is 0 Å². The molecule has 0 unspecified atom stereocenters. The minimum Gasteiger partial charge on any atom is -0.294 e. The molecule has 0 bridgehead atoms. The van der Waals surface area contributed by atoms with Gasteiger partial charge in [-0.15, -0.1) is 22.7 Å². The highest BCUT2D eigenvalue weighted by atomic mass is 32.1. The van der Waals surface area contributed by atoms with E-state index in [1.165, 1.54) is 0 Å². The van der Waals surface area contributed by atoms with Crippen LogP contribution in [-0.4, -0.2) is 15.8 Å². The lowest BCUT2D eigenvalue weighted by atomic mass is 10.1. The van der Waals surface area contributed by atoms with Crippen molar-refractivity contribution in [2.45, 2.75) is 13.3 Å². The minimum atomic E-state index is 0.0723. The molecule has 3 aromatic rings. The maximum absolute atomic E-state index is 12.1. The summed E-state index contributed by atoms with van der Waals surface area (Å²) in [5.41, 5.74) is 2.45. The highest BCUT2D eigenvalue weighted by Gasteiger charge is 2.10. The van der Waals surface area contributed by atoms with Gasteiger partial charge in [0.05, 0.1) is 27.3 Å². The second kappa shape index (κ2) is 4.59. The molecule has 3 rings (SSSR count). The fourth-order valence-corrected chi connectivity index (χ4v) is 3.15. The standard InChI is InChI=1S/C13H10N2OS2/c1-8-15-10(7-18-8)5-12(16)9-4-13-11(14-6-9)2-3-17-13/h2-4,6-7H,5H2,1H3. The number of thiazole rings is 1. The molecule has 0 saturated heterocycles. The number of Topliss-reactive ketones (excluding diaryl/α,β-unsaturated/α-hetero) is 1. The molecule has 0 fully saturated rings. The van der Waals surface area contributed by atoms with Gasteiger partial charge in [-0.1, -0.05) is 0 Å². The molecule has 0 aliphatic carbocycles. The van der Waals surface area contributed by atoms with Crippen molar-refractivity contribution in [2.75, 3.05) is 0 Å². The van der Waals surface area contributed by atoms with Crippen LogP contribution in [-0.2, 0) is 6.42 Å². The molecule has 0 spiro atoms. The summed E-state index contributed by atoms with van der Waals surface area (Å²) in [6.45, 7) is 1.94. The highest BCUT2D eigenvalue weighted by molar-refractivity contribution is 7.17. The zero-order valence-corrected chi connectivity index (χ0v) is 11.3. The van der Waals surface area contributed by atoms with Crippen LogP contribution in [0.3, 0.4) is 0 Å². The van der Waals surface area contributed by atoms with E-state index in [0.717, 1.165) is 20.9 Å². The van der Waals surface area contributed by atoms with Crippen molar-refractivity contribution in [1.29, 1.82) is 0 Å². The van der Waals surface area contributed by atoms with Gasteiger partial charge < -0.3 is 0 Å². The Morgan fingerprint density at radius 2 is 2.28 bits per heavy atom. The average Bonchev–Trinajstić information content (AvgIpc) is 2.96. The molecule has 5 heteroatoms. The summed E-state index contributed by atoms with van der Waals surface area (Å²) in [4.78, 5) is 20.7.